The molecule has 3 N–H and O–H groups in total. The first-order valence-corrected chi connectivity index (χ1v) is 6.55. The van der Waals surface area contributed by atoms with Crippen LogP contribution in [0.2, 0.25) is 0 Å². The van der Waals surface area contributed by atoms with Gasteiger partial charge in [-0.3, -0.25) is 4.79 Å². The summed E-state index contributed by atoms with van der Waals surface area (Å²) in [6, 6.07) is 3.12. The molecule has 1 saturated heterocycles. The highest BCUT2D eigenvalue weighted by Crippen LogP contribution is 2.21. The highest BCUT2D eigenvalue weighted by molar-refractivity contribution is 5.86. The zero-order valence-electron chi connectivity index (χ0n) is 11.7. The largest absolute Gasteiger partial charge is 0.381 e. The van der Waals surface area contributed by atoms with Crippen LogP contribution in [0.1, 0.15) is 31.4 Å². The van der Waals surface area contributed by atoms with Crippen molar-refractivity contribution in [2.75, 3.05) is 13.2 Å². The van der Waals surface area contributed by atoms with Crippen LogP contribution in [0.25, 0.3) is 0 Å². The summed E-state index contributed by atoms with van der Waals surface area (Å²) in [7, 11) is 0. The van der Waals surface area contributed by atoms with Gasteiger partial charge in [-0.05, 0) is 37.5 Å². The lowest BCUT2D eigenvalue weighted by Gasteiger charge is -2.33. The Morgan fingerprint density at radius 2 is 1.95 bits per heavy atom. The van der Waals surface area contributed by atoms with Gasteiger partial charge in [0.05, 0.1) is 11.6 Å². The summed E-state index contributed by atoms with van der Waals surface area (Å²) < 4.78 is 31.2. The highest BCUT2D eigenvalue weighted by atomic mass is 35.5. The molecule has 1 atom stereocenters. The van der Waals surface area contributed by atoms with Crippen LogP contribution >= 0.6 is 12.4 Å². The lowest BCUT2D eigenvalue weighted by molar-refractivity contribution is -0.130. The first-order chi connectivity index (χ1) is 9.42. The summed E-state index contributed by atoms with van der Waals surface area (Å²) in [6.45, 7) is 2.60. The first-order valence-electron chi connectivity index (χ1n) is 6.55. The molecule has 21 heavy (non-hydrogen) atoms. The molecule has 0 aliphatic carbocycles. The zero-order chi connectivity index (χ0) is 14.8. The van der Waals surface area contributed by atoms with E-state index in [1.807, 2.05) is 0 Å². The van der Waals surface area contributed by atoms with E-state index in [1.54, 1.807) is 6.92 Å². The smallest absolute Gasteiger partial charge is 0.240 e. The minimum Gasteiger partial charge on any atom is -0.381 e. The minimum absolute atomic E-state index is 0. The van der Waals surface area contributed by atoms with Gasteiger partial charge in [0, 0.05) is 13.2 Å². The van der Waals surface area contributed by atoms with Crippen LogP contribution in [-0.4, -0.2) is 24.7 Å². The van der Waals surface area contributed by atoms with Crippen LogP contribution in [0.15, 0.2) is 18.2 Å². The third-order valence-corrected chi connectivity index (χ3v) is 3.63. The van der Waals surface area contributed by atoms with Gasteiger partial charge in [-0.1, -0.05) is 6.07 Å². The van der Waals surface area contributed by atoms with Crippen molar-refractivity contribution in [3.63, 3.8) is 0 Å². The molecule has 1 amide bonds. The van der Waals surface area contributed by atoms with E-state index in [1.165, 1.54) is 6.07 Å². The predicted octanol–water partition coefficient (Wildman–Crippen LogP) is 2.07. The number of hydrogen-bond acceptors (Lipinski definition) is 3. The quantitative estimate of drug-likeness (QED) is 0.896. The number of carbonyl (C=O) groups excluding carboxylic acids is 1. The first kappa shape index (κ1) is 17.8. The van der Waals surface area contributed by atoms with Crippen LogP contribution < -0.4 is 11.1 Å². The molecule has 1 heterocycles. The summed E-state index contributed by atoms with van der Waals surface area (Å²) in [5.41, 5.74) is 5.60. The van der Waals surface area contributed by atoms with Crippen LogP contribution in [0.4, 0.5) is 8.78 Å². The van der Waals surface area contributed by atoms with E-state index in [9.17, 15) is 13.6 Å². The van der Waals surface area contributed by atoms with E-state index < -0.39 is 23.2 Å². The average Bonchev–Trinajstić information content (AvgIpc) is 2.42. The van der Waals surface area contributed by atoms with Crippen molar-refractivity contribution in [1.82, 2.24) is 5.32 Å². The van der Waals surface area contributed by atoms with Gasteiger partial charge in [-0.25, -0.2) is 8.78 Å². The molecule has 4 nitrogen and oxygen atoms in total. The number of benzene rings is 1. The Labute approximate surface area is 128 Å². The average molecular weight is 321 g/mol. The Kier molecular flexibility index (Phi) is 6.07. The number of carbonyl (C=O) groups is 1. The summed E-state index contributed by atoms with van der Waals surface area (Å²) in [4.78, 5) is 12.2. The molecule has 1 aromatic carbocycles. The number of hydrogen-bond donors (Lipinski definition) is 2. The Morgan fingerprint density at radius 1 is 1.33 bits per heavy atom. The zero-order valence-corrected chi connectivity index (χ0v) is 12.5. The van der Waals surface area contributed by atoms with Gasteiger partial charge in [-0.15, -0.1) is 12.4 Å². The number of nitrogens with one attached hydrogen (secondary N) is 1. The summed E-state index contributed by atoms with van der Waals surface area (Å²) in [5.74, 6) is -2.14. The second-order valence-electron chi connectivity index (χ2n) is 5.14. The van der Waals surface area contributed by atoms with E-state index >= 15 is 0 Å². The third-order valence-electron chi connectivity index (χ3n) is 3.63. The van der Waals surface area contributed by atoms with Crippen molar-refractivity contribution in [2.45, 2.75) is 31.3 Å². The van der Waals surface area contributed by atoms with Crippen LogP contribution in [-0.2, 0) is 9.53 Å². The van der Waals surface area contributed by atoms with Crippen molar-refractivity contribution in [3.8, 4) is 0 Å². The molecule has 0 spiro atoms. The van der Waals surface area contributed by atoms with Gasteiger partial charge in [0.1, 0.15) is 0 Å². The Balaban J connectivity index is 0.00000220. The number of amides is 1. The molecule has 0 aromatic heterocycles. The molecule has 1 aliphatic rings. The molecular formula is C14H19ClF2N2O2. The minimum atomic E-state index is -0.953. The topological polar surface area (TPSA) is 64.4 Å². The Morgan fingerprint density at radius 3 is 2.52 bits per heavy atom. The molecular weight excluding hydrogens is 302 g/mol. The fourth-order valence-corrected chi connectivity index (χ4v) is 2.17. The Bertz CT molecular complexity index is 508. The number of rotatable bonds is 3. The highest BCUT2D eigenvalue weighted by Gasteiger charge is 2.36. The molecule has 1 unspecified atom stereocenters. The maximum Gasteiger partial charge on any atom is 0.240 e. The summed E-state index contributed by atoms with van der Waals surface area (Å²) >= 11 is 0. The van der Waals surface area contributed by atoms with Crippen molar-refractivity contribution in [3.05, 3.63) is 35.4 Å². The molecule has 0 radical (unpaired) electrons. The van der Waals surface area contributed by atoms with Gasteiger partial charge >= 0.3 is 0 Å². The molecule has 2 rings (SSSR count). The van der Waals surface area contributed by atoms with E-state index in [-0.39, 0.29) is 18.3 Å². The second-order valence-corrected chi connectivity index (χ2v) is 5.14. The lowest BCUT2D eigenvalue weighted by atomic mass is 9.90. The fraction of sp³-hybridized carbons (Fsp3) is 0.500. The van der Waals surface area contributed by atoms with Gasteiger partial charge in [0.25, 0.3) is 0 Å². The maximum atomic E-state index is 13.2. The molecule has 0 saturated carbocycles. The number of halogens is 3. The van der Waals surface area contributed by atoms with E-state index in [4.69, 9.17) is 10.5 Å². The lowest BCUT2D eigenvalue weighted by Crippen LogP contribution is -2.57. The van der Waals surface area contributed by atoms with E-state index in [0.29, 0.717) is 31.6 Å². The van der Waals surface area contributed by atoms with E-state index in [2.05, 4.69) is 5.32 Å². The van der Waals surface area contributed by atoms with Crippen molar-refractivity contribution in [2.24, 2.45) is 5.73 Å². The van der Waals surface area contributed by atoms with Crippen molar-refractivity contribution < 1.29 is 18.3 Å². The van der Waals surface area contributed by atoms with E-state index in [0.717, 1.165) is 12.1 Å². The normalized spacial score (nSPS) is 18.5. The Hall–Kier alpha value is -1.24. The van der Waals surface area contributed by atoms with Crippen molar-refractivity contribution >= 4 is 18.3 Å². The SMILES string of the molecule is CC(NC(=O)C1(N)CCOCC1)c1ccc(F)c(F)c1.Cl. The van der Waals surface area contributed by atoms with Crippen LogP contribution in [0.5, 0.6) is 0 Å². The second kappa shape index (κ2) is 7.15. The van der Waals surface area contributed by atoms with Crippen LogP contribution in [0, 0.1) is 11.6 Å². The van der Waals surface area contributed by atoms with Gasteiger partial charge < -0.3 is 15.8 Å². The summed E-state index contributed by atoms with van der Waals surface area (Å²) in [5, 5.41) is 2.74. The van der Waals surface area contributed by atoms with Gasteiger partial charge in [0.2, 0.25) is 5.91 Å². The predicted molar refractivity (Wildman–Crippen MR) is 77.1 cm³/mol. The van der Waals surface area contributed by atoms with Crippen molar-refractivity contribution in [1.29, 1.82) is 0 Å². The molecule has 1 aliphatic heterocycles. The van der Waals surface area contributed by atoms with Gasteiger partial charge in [0.15, 0.2) is 11.6 Å². The molecule has 118 valence electrons. The molecule has 7 heteroatoms. The van der Waals surface area contributed by atoms with Crippen LogP contribution in [0.3, 0.4) is 0 Å². The fourth-order valence-electron chi connectivity index (χ4n) is 2.17. The van der Waals surface area contributed by atoms with Gasteiger partial charge in [-0.2, -0.15) is 0 Å². The number of nitrogens with two attached hydrogens (primary N) is 1. The summed E-state index contributed by atoms with van der Waals surface area (Å²) in [6.07, 6.45) is 0.896. The number of ether oxygens (including phenoxy) is 1. The molecule has 1 aromatic rings. The molecule has 1 fully saturated rings. The maximum absolute atomic E-state index is 13.2. The standard InChI is InChI=1S/C14H18F2N2O2.ClH/c1-9(10-2-3-11(15)12(16)8-10)18-13(19)14(17)4-6-20-7-5-14;/h2-3,8-9H,4-7,17H2,1H3,(H,18,19);1H. The third kappa shape index (κ3) is 4.12. The molecule has 0 bridgehead atoms. The monoisotopic (exact) mass is 320 g/mol.